The molecule has 1 aromatic rings. The Labute approximate surface area is 86.3 Å². The molecule has 84 valence electrons. The van der Waals surface area contributed by atoms with Gasteiger partial charge in [-0.05, 0) is 11.6 Å². The fraction of sp³-hybridized carbons (Fsp3) is 0.400. The van der Waals surface area contributed by atoms with Crippen LogP contribution in [0.4, 0.5) is 13.2 Å². The SMILES string of the molecule is NCCNCc1ccccc1C(F)(F)F. The number of hydrogen-bond acceptors (Lipinski definition) is 2. The summed E-state index contributed by atoms with van der Waals surface area (Å²) in [6.07, 6.45) is -4.29. The summed E-state index contributed by atoms with van der Waals surface area (Å²) in [7, 11) is 0. The molecule has 0 aliphatic heterocycles. The van der Waals surface area contributed by atoms with Gasteiger partial charge in [-0.2, -0.15) is 13.2 Å². The molecule has 0 saturated heterocycles. The van der Waals surface area contributed by atoms with E-state index >= 15 is 0 Å². The third kappa shape index (κ3) is 3.53. The molecular formula is C10H13F3N2. The minimum Gasteiger partial charge on any atom is -0.329 e. The zero-order valence-electron chi connectivity index (χ0n) is 8.14. The van der Waals surface area contributed by atoms with Gasteiger partial charge in [-0.25, -0.2) is 0 Å². The predicted molar refractivity (Wildman–Crippen MR) is 52.2 cm³/mol. The van der Waals surface area contributed by atoms with Gasteiger partial charge >= 0.3 is 6.18 Å². The average Bonchev–Trinajstić information content (AvgIpc) is 2.17. The third-order valence-corrected chi connectivity index (χ3v) is 1.96. The molecule has 0 amide bonds. The van der Waals surface area contributed by atoms with Crippen LogP contribution in [0.5, 0.6) is 0 Å². The molecule has 1 rings (SSSR count). The molecule has 0 aliphatic rings. The second-order valence-electron chi connectivity index (χ2n) is 3.12. The highest BCUT2D eigenvalue weighted by Gasteiger charge is 2.32. The first-order valence-electron chi connectivity index (χ1n) is 4.61. The fourth-order valence-corrected chi connectivity index (χ4v) is 1.28. The lowest BCUT2D eigenvalue weighted by atomic mass is 10.1. The van der Waals surface area contributed by atoms with Crippen molar-refractivity contribution >= 4 is 0 Å². The Morgan fingerprint density at radius 2 is 1.87 bits per heavy atom. The maximum atomic E-state index is 12.5. The van der Waals surface area contributed by atoms with Gasteiger partial charge in [0.05, 0.1) is 5.56 Å². The normalized spacial score (nSPS) is 11.7. The number of hydrogen-bond donors (Lipinski definition) is 2. The Hall–Kier alpha value is -1.07. The van der Waals surface area contributed by atoms with Crippen LogP contribution in [-0.4, -0.2) is 13.1 Å². The lowest BCUT2D eigenvalue weighted by molar-refractivity contribution is -0.138. The van der Waals surface area contributed by atoms with Crippen molar-refractivity contribution in [2.24, 2.45) is 5.73 Å². The van der Waals surface area contributed by atoms with Crippen molar-refractivity contribution in [3.8, 4) is 0 Å². The summed E-state index contributed by atoms with van der Waals surface area (Å²) in [5.41, 5.74) is 4.89. The van der Waals surface area contributed by atoms with Crippen LogP contribution in [0.25, 0.3) is 0 Å². The van der Waals surface area contributed by atoms with E-state index in [9.17, 15) is 13.2 Å². The summed E-state index contributed by atoms with van der Waals surface area (Å²) < 4.78 is 37.5. The summed E-state index contributed by atoms with van der Waals surface area (Å²) in [6.45, 7) is 1.10. The first kappa shape index (κ1) is 12.0. The van der Waals surface area contributed by atoms with E-state index in [2.05, 4.69) is 5.32 Å². The maximum Gasteiger partial charge on any atom is 0.416 e. The number of halogens is 3. The van der Waals surface area contributed by atoms with Crippen LogP contribution < -0.4 is 11.1 Å². The van der Waals surface area contributed by atoms with Crippen molar-refractivity contribution in [1.82, 2.24) is 5.32 Å². The molecule has 2 nitrogen and oxygen atoms in total. The average molecular weight is 218 g/mol. The number of nitrogens with one attached hydrogen (secondary N) is 1. The minimum absolute atomic E-state index is 0.187. The maximum absolute atomic E-state index is 12.5. The molecule has 15 heavy (non-hydrogen) atoms. The lowest BCUT2D eigenvalue weighted by Crippen LogP contribution is -2.23. The summed E-state index contributed by atoms with van der Waals surface area (Å²) in [4.78, 5) is 0. The van der Waals surface area contributed by atoms with Gasteiger partial charge in [-0.1, -0.05) is 18.2 Å². The summed E-state index contributed by atoms with van der Waals surface area (Å²) in [6, 6.07) is 5.52. The Balaban J connectivity index is 2.78. The smallest absolute Gasteiger partial charge is 0.329 e. The molecule has 3 N–H and O–H groups in total. The summed E-state index contributed by atoms with van der Waals surface area (Å²) in [5, 5.41) is 2.84. The van der Waals surface area contributed by atoms with E-state index in [0.717, 1.165) is 6.07 Å². The minimum atomic E-state index is -4.29. The molecule has 0 saturated carbocycles. The van der Waals surface area contributed by atoms with Crippen LogP contribution in [-0.2, 0) is 12.7 Å². The van der Waals surface area contributed by atoms with E-state index in [-0.39, 0.29) is 12.1 Å². The zero-order chi connectivity index (χ0) is 11.3. The lowest BCUT2D eigenvalue weighted by Gasteiger charge is -2.12. The largest absolute Gasteiger partial charge is 0.416 e. The second-order valence-corrected chi connectivity index (χ2v) is 3.12. The Kier molecular flexibility index (Phi) is 4.11. The number of rotatable bonds is 4. The van der Waals surface area contributed by atoms with Gasteiger partial charge in [0.15, 0.2) is 0 Å². The number of alkyl halides is 3. The van der Waals surface area contributed by atoms with Crippen molar-refractivity contribution < 1.29 is 13.2 Å². The van der Waals surface area contributed by atoms with E-state index in [4.69, 9.17) is 5.73 Å². The zero-order valence-corrected chi connectivity index (χ0v) is 8.14. The van der Waals surface area contributed by atoms with Crippen LogP contribution in [0, 0.1) is 0 Å². The molecule has 0 aliphatic carbocycles. The van der Waals surface area contributed by atoms with E-state index in [1.165, 1.54) is 12.1 Å². The van der Waals surface area contributed by atoms with Gasteiger partial charge in [0.2, 0.25) is 0 Å². The Morgan fingerprint density at radius 1 is 1.20 bits per heavy atom. The Bertz CT molecular complexity index is 310. The number of benzene rings is 1. The van der Waals surface area contributed by atoms with Crippen LogP contribution in [0.1, 0.15) is 11.1 Å². The van der Waals surface area contributed by atoms with Crippen LogP contribution >= 0.6 is 0 Å². The monoisotopic (exact) mass is 218 g/mol. The molecular weight excluding hydrogens is 205 g/mol. The molecule has 0 bridgehead atoms. The third-order valence-electron chi connectivity index (χ3n) is 1.96. The molecule has 0 aromatic heterocycles. The molecule has 1 aromatic carbocycles. The highest BCUT2D eigenvalue weighted by molar-refractivity contribution is 5.29. The van der Waals surface area contributed by atoms with Gasteiger partial charge in [0, 0.05) is 19.6 Å². The van der Waals surface area contributed by atoms with Gasteiger partial charge in [0.1, 0.15) is 0 Å². The highest BCUT2D eigenvalue weighted by atomic mass is 19.4. The van der Waals surface area contributed by atoms with Gasteiger partial charge in [0.25, 0.3) is 0 Å². The first-order valence-corrected chi connectivity index (χ1v) is 4.61. The molecule has 5 heteroatoms. The van der Waals surface area contributed by atoms with Gasteiger partial charge in [-0.15, -0.1) is 0 Å². The summed E-state index contributed by atoms with van der Waals surface area (Å²) >= 11 is 0. The van der Waals surface area contributed by atoms with E-state index in [0.29, 0.717) is 13.1 Å². The predicted octanol–water partition coefficient (Wildman–Crippen LogP) is 1.75. The second kappa shape index (κ2) is 5.14. The quantitative estimate of drug-likeness (QED) is 0.756. The molecule has 0 unspecified atom stereocenters. The van der Waals surface area contributed by atoms with E-state index in [1.54, 1.807) is 6.07 Å². The first-order chi connectivity index (χ1) is 7.05. The summed E-state index contributed by atoms with van der Waals surface area (Å²) in [5.74, 6) is 0. The molecule has 0 spiro atoms. The van der Waals surface area contributed by atoms with E-state index in [1.807, 2.05) is 0 Å². The highest BCUT2D eigenvalue weighted by Crippen LogP contribution is 2.31. The molecule has 0 heterocycles. The van der Waals surface area contributed by atoms with Gasteiger partial charge in [-0.3, -0.25) is 0 Å². The molecule has 0 fully saturated rings. The van der Waals surface area contributed by atoms with Crippen molar-refractivity contribution in [1.29, 1.82) is 0 Å². The van der Waals surface area contributed by atoms with Crippen LogP contribution in [0.3, 0.4) is 0 Å². The topological polar surface area (TPSA) is 38.0 Å². The fourth-order valence-electron chi connectivity index (χ4n) is 1.28. The van der Waals surface area contributed by atoms with Crippen molar-refractivity contribution in [2.75, 3.05) is 13.1 Å². The van der Waals surface area contributed by atoms with Crippen LogP contribution in [0.2, 0.25) is 0 Å². The van der Waals surface area contributed by atoms with Gasteiger partial charge < -0.3 is 11.1 Å². The van der Waals surface area contributed by atoms with Crippen molar-refractivity contribution in [3.63, 3.8) is 0 Å². The standard InChI is InChI=1S/C10H13F3N2/c11-10(12,13)9-4-2-1-3-8(9)7-15-6-5-14/h1-4,15H,5-7,14H2. The molecule has 0 atom stereocenters. The number of nitrogens with two attached hydrogens (primary N) is 1. The van der Waals surface area contributed by atoms with Crippen molar-refractivity contribution in [2.45, 2.75) is 12.7 Å². The molecule has 0 radical (unpaired) electrons. The van der Waals surface area contributed by atoms with E-state index < -0.39 is 11.7 Å². The Morgan fingerprint density at radius 3 is 2.47 bits per heavy atom. The van der Waals surface area contributed by atoms with Crippen molar-refractivity contribution in [3.05, 3.63) is 35.4 Å². The van der Waals surface area contributed by atoms with Crippen LogP contribution in [0.15, 0.2) is 24.3 Å².